The SMILES string of the molecule is O=C(Cc1ccc(Oc2ccccc2)cc1)Nc1ccc2ncccc2c1. The van der Waals surface area contributed by atoms with Crippen LogP contribution in [0.15, 0.2) is 91.1 Å². The van der Waals surface area contributed by atoms with Crippen molar-refractivity contribution in [2.45, 2.75) is 6.42 Å². The van der Waals surface area contributed by atoms with Gasteiger partial charge >= 0.3 is 0 Å². The summed E-state index contributed by atoms with van der Waals surface area (Å²) in [5.41, 5.74) is 2.60. The molecule has 1 aromatic heterocycles. The lowest BCUT2D eigenvalue weighted by molar-refractivity contribution is -0.115. The van der Waals surface area contributed by atoms with Gasteiger partial charge in [0, 0.05) is 17.3 Å². The zero-order valence-electron chi connectivity index (χ0n) is 14.6. The van der Waals surface area contributed by atoms with Crippen molar-refractivity contribution in [2.24, 2.45) is 0 Å². The van der Waals surface area contributed by atoms with Crippen LogP contribution in [0, 0.1) is 0 Å². The van der Waals surface area contributed by atoms with Gasteiger partial charge in [0.2, 0.25) is 5.91 Å². The molecule has 1 amide bonds. The first-order valence-electron chi connectivity index (χ1n) is 8.73. The van der Waals surface area contributed by atoms with E-state index in [4.69, 9.17) is 4.74 Å². The fourth-order valence-electron chi connectivity index (χ4n) is 2.84. The fraction of sp³-hybridized carbons (Fsp3) is 0.0435. The van der Waals surface area contributed by atoms with Crippen LogP contribution in [0.25, 0.3) is 10.9 Å². The molecule has 0 spiro atoms. The lowest BCUT2D eigenvalue weighted by atomic mass is 10.1. The topological polar surface area (TPSA) is 51.2 Å². The molecule has 1 N–H and O–H groups in total. The van der Waals surface area contributed by atoms with Gasteiger partial charge in [0.25, 0.3) is 0 Å². The molecule has 4 nitrogen and oxygen atoms in total. The molecule has 27 heavy (non-hydrogen) atoms. The molecule has 0 aliphatic rings. The number of aromatic nitrogens is 1. The van der Waals surface area contributed by atoms with E-state index in [0.717, 1.165) is 33.7 Å². The predicted molar refractivity (Wildman–Crippen MR) is 107 cm³/mol. The van der Waals surface area contributed by atoms with Gasteiger partial charge in [-0.3, -0.25) is 9.78 Å². The Labute approximate surface area is 157 Å². The van der Waals surface area contributed by atoms with Crippen molar-refractivity contribution in [1.29, 1.82) is 0 Å². The number of pyridine rings is 1. The lowest BCUT2D eigenvalue weighted by Crippen LogP contribution is -2.14. The summed E-state index contributed by atoms with van der Waals surface area (Å²) in [4.78, 5) is 16.6. The molecule has 0 aliphatic carbocycles. The van der Waals surface area contributed by atoms with Crippen molar-refractivity contribution in [3.05, 3.63) is 96.7 Å². The first kappa shape index (κ1) is 16.8. The van der Waals surface area contributed by atoms with E-state index in [1.54, 1.807) is 6.20 Å². The molecule has 0 aliphatic heterocycles. The van der Waals surface area contributed by atoms with E-state index < -0.39 is 0 Å². The predicted octanol–water partition coefficient (Wildman–Crippen LogP) is 5.21. The van der Waals surface area contributed by atoms with Crippen LogP contribution in [0.1, 0.15) is 5.56 Å². The van der Waals surface area contributed by atoms with Crippen LogP contribution < -0.4 is 10.1 Å². The summed E-state index contributed by atoms with van der Waals surface area (Å²) in [6.07, 6.45) is 2.06. The van der Waals surface area contributed by atoms with E-state index in [9.17, 15) is 4.79 Å². The minimum absolute atomic E-state index is 0.0602. The van der Waals surface area contributed by atoms with Crippen molar-refractivity contribution in [2.75, 3.05) is 5.32 Å². The number of benzene rings is 3. The highest BCUT2D eigenvalue weighted by Gasteiger charge is 2.06. The zero-order valence-corrected chi connectivity index (χ0v) is 14.6. The van der Waals surface area contributed by atoms with E-state index in [1.807, 2.05) is 84.9 Å². The highest BCUT2D eigenvalue weighted by atomic mass is 16.5. The number of hydrogen-bond donors (Lipinski definition) is 1. The first-order chi connectivity index (χ1) is 13.3. The summed E-state index contributed by atoms with van der Waals surface area (Å²) in [7, 11) is 0. The van der Waals surface area contributed by atoms with Crippen molar-refractivity contribution < 1.29 is 9.53 Å². The standard InChI is InChI=1S/C23H18N2O2/c26-23(25-19-10-13-22-18(16-19)5-4-14-24-22)15-17-8-11-21(12-9-17)27-20-6-2-1-3-7-20/h1-14,16H,15H2,(H,25,26). The number of carbonyl (C=O) groups excluding carboxylic acids is 1. The average Bonchev–Trinajstić information content (AvgIpc) is 2.70. The number of ether oxygens (including phenoxy) is 1. The average molecular weight is 354 g/mol. The molecule has 1 heterocycles. The van der Waals surface area contributed by atoms with Gasteiger partial charge in [-0.05, 0) is 54.1 Å². The van der Waals surface area contributed by atoms with Gasteiger partial charge in [0.1, 0.15) is 11.5 Å². The monoisotopic (exact) mass is 354 g/mol. The number of para-hydroxylation sites is 1. The van der Waals surface area contributed by atoms with Gasteiger partial charge in [0.05, 0.1) is 11.9 Å². The summed E-state index contributed by atoms with van der Waals surface area (Å²) in [5, 5.41) is 3.94. The Morgan fingerprint density at radius 1 is 0.852 bits per heavy atom. The minimum Gasteiger partial charge on any atom is -0.457 e. The summed E-state index contributed by atoms with van der Waals surface area (Å²) in [5.74, 6) is 1.47. The van der Waals surface area contributed by atoms with E-state index in [1.165, 1.54) is 0 Å². The van der Waals surface area contributed by atoms with Crippen LogP contribution >= 0.6 is 0 Å². The minimum atomic E-state index is -0.0602. The Bertz CT molecular complexity index is 1060. The van der Waals surface area contributed by atoms with E-state index in [2.05, 4.69) is 10.3 Å². The molecule has 0 saturated heterocycles. The zero-order chi connectivity index (χ0) is 18.5. The van der Waals surface area contributed by atoms with E-state index >= 15 is 0 Å². The Hall–Kier alpha value is -3.66. The molecule has 0 bridgehead atoms. The van der Waals surface area contributed by atoms with Crippen LogP contribution in [0.4, 0.5) is 5.69 Å². The highest BCUT2D eigenvalue weighted by molar-refractivity contribution is 5.94. The number of rotatable bonds is 5. The van der Waals surface area contributed by atoms with E-state index in [-0.39, 0.29) is 5.91 Å². The number of nitrogens with zero attached hydrogens (tertiary/aromatic N) is 1. The molecule has 0 saturated carbocycles. The molecule has 132 valence electrons. The molecule has 0 fully saturated rings. The molecule has 0 atom stereocenters. The van der Waals surface area contributed by atoms with Crippen LogP contribution in [0.3, 0.4) is 0 Å². The third-order valence-electron chi connectivity index (χ3n) is 4.15. The molecule has 3 aromatic carbocycles. The van der Waals surface area contributed by atoms with Gasteiger partial charge in [-0.2, -0.15) is 0 Å². The lowest BCUT2D eigenvalue weighted by Gasteiger charge is -2.08. The van der Waals surface area contributed by atoms with Gasteiger partial charge in [-0.15, -0.1) is 0 Å². The summed E-state index contributed by atoms with van der Waals surface area (Å²) in [6, 6.07) is 26.7. The van der Waals surface area contributed by atoms with Crippen LogP contribution in [-0.4, -0.2) is 10.9 Å². The smallest absolute Gasteiger partial charge is 0.228 e. The molecule has 0 unspecified atom stereocenters. The van der Waals surface area contributed by atoms with E-state index in [0.29, 0.717) is 6.42 Å². The normalized spacial score (nSPS) is 10.5. The number of anilines is 1. The van der Waals surface area contributed by atoms with Crippen molar-refractivity contribution in [3.63, 3.8) is 0 Å². The summed E-state index contributed by atoms with van der Waals surface area (Å²) in [6.45, 7) is 0. The Morgan fingerprint density at radius 3 is 2.44 bits per heavy atom. The Balaban J connectivity index is 1.38. The summed E-state index contributed by atoms with van der Waals surface area (Å²) >= 11 is 0. The van der Waals surface area contributed by atoms with Crippen LogP contribution in [0.2, 0.25) is 0 Å². The summed E-state index contributed by atoms with van der Waals surface area (Å²) < 4.78 is 5.77. The third-order valence-corrected chi connectivity index (χ3v) is 4.15. The van der Waals surface area contributed by atoms with Gasteiger partial charge < -0.3 is 10.1 Å². The maximum absolute atomic E-state index is 12.3. The number of fused-ring (bicyclic) bond motifs is 1. The molecule has 4 aromatic rings. The molecule has 4 heteroatoms. The highest BCUT2D eigenvalue weighted by Crippen LogP contribution is 2.22. The quantitative estimate of drug-likeness (QED) is 0.535. The largest absolute Gasteiger partial charge is 0.457 e. The number of hydrogen-bond acceptors (Lipinski definition) is 3. The Kier molecular flexibility index (Phi) is 4.79. The van der Waals surface area contributed by atoms with Crippen molar-refractivity contribution in [1.82, 2.24) is 4.98 Å². The number of carbonyl (C=O) groups is 1. The van der Waals surface area contributed by atoms with Gasteiger partial charge in [0.15, 0.2) is 0 Å². The molecular formula is C23H18N2O2. The van der Waals surface area contributed by atoms with Crippen molar-refractivity contribution >= 4 is 22.5 Å². The second-order valence-corrected chi connectivity index (χ2v) is 6.19. The molecule has 0 radical (unpaired) electrons. The molecular weight excluding hydrogens is 336 g/mol. The molecule has 4 rings (SSSR count). The van der Waals surface area contributed by atoms with Crippen molar-refractivity contribution in [3.8, 4) is 11.5 Å². The van der Waals surface area contributed by atoms with Gasteiger partial charge in [-0.25, -0.2) is 0 Å². The maximum Gasteiger partial charge on any atom is 0.228 e. The Morgan fingerprint density at radius 2 is 1.63 bits per heavy atom. The maximum atomic E-state index is 12.3. The van der Waals surface area contributed by atoms with Gasteiger partial charge in [-0.1, -0.05) is 36.4 Å². The fourth-order valence-corrected chi connectivity index (χ4v) is 2.84. The second kappa shape index (κ2) is 7.70. The number of nitrogens with one attached hydrogen (secondary N) is 1. The second-order valence-electron chi connectivity index (χ2n) is 6.19. The first-order valence-corrected chi connectivity index (χ1v) is 8.73. The third kappa shape index (κ3) is 4.30. The van der Waals surface area contributed by atoms with Crippen LogP contribution in [-0.2, 0) is 11.2 Å². The van der Waals surface area contributed by atoms with Crippen LogP contribution in [0.5, 0.6) is 11.5 Å². The number of amides is 1.